The maximum Gasteiger partial charge on any atom is 0.279 e. The van der Waals surface area contributed by atoms with E-state index in [1.807, 2.05) is 0 Å². The molecule has 2 N–H and O–H groups in total. The Morgan fingerprint density at radius 2 is 2.30 bits per heavy atom. The van der Waals surface area contributed by atoms with Crippen molar-refractivity contribution in [2.24, 2.45) is 0 Å². The van der Waals surface area contributed by atoms with Crippen molar-refractivity contribution in [2.45, 2.75) is 19.9 Å². The molecule has 2 aromatic heterocycles. The first-order chi connectivity index (χ1) is 11.0. The van der Waals surface area contributed by atoms with Crippen LogP contribution in [0.4, 0.5) is 5.13 Å². The number of aryl methyl sites for hydroxylation is 1. The number of aromatic nitrogens is 2. The molecule has 0 saturated heterocycles. The number of nitrogens with one attached hydrogen (secondary N) is 2. The van der Waals surface area contributed by atoms with Crippen LogP contribution in [-0.4, -0.2) is 47.0 Å². The van der Waals surface area contributed by atoms with Crippen LogP contribution in [-0.2, 0) is 17.8 Å². The van der Waals surface area contributed by atoms with Crippen LogP contribution in [0.1, 0.15) is 26.8 Å². The van der Waals surface area contributed by atoms with Gasteiger partial charge in [-0.05, 0) is 6.92 Å². The minimum Gasteiger partial charge on any atom is -0.361 e. The smallest absolute Gasteiger partial charge is 0.279 e. The monoisotopic (exact) mass is 335 g/mol. The van der Waals surface area contributed by atoms with Crippen molar-refractivity contribution in [1.82, 2.24) is 20.4 Å². The lowest BCUT2D eigenvalue weighted by Gasteiger charge is -2.24. The molecule has 3 heterocycles. The zero-order valence-corrected chi connectivity index (χ0v) is 13.7. The first-order valence-corrected chi connectivity index (χ1v) is 8.03. The van der Waals surface area contributed by atoms with Gasteiger partial charge in [0.1, 0.15) is 5.76 Å². The maximum atomic E-state index is 12.1. The molecule has 122 valence electrons. The molecule has 0 aliphatic carbocycles. The number of carbonyl (C=O) groups excluding carboxylic acids is 2. The largest absolute Gasteiger partial charge is 0.361 e. The number of hydrogen-bond donors (Lipinski definition) is 2. The van der Waals surface area contributed by atoms with E-state index in [1.165, 1.54) is 11.3 Å². The van der Waals surface area contributed by atoms with Crippen LogP contribution in [0.3, 0.4) is 0 Å². The lowest BCUT2D eigenvalue weighted by Crippen LogP contribution is -2.38. The number of anilines is 1. The van der Waals surface area contributed by atoms with Crippen molar-refractivity contribution in [1.29, 1.82) is 0 Å². The predicted molar refractivity (Wildman–Crippen MR) is 84.4 cm³/mol. The Kier molecular flexibility index (Phi) is 4.39. The molecular formula is C14H17N5O3S. The average molecular weight is 335 g/mol. The summed E-state index contributed by atoms with van der Waals surface area (Å²) in [6, 6.07) is 1.58. The number of carbonyl (C=O) groups is 2. The highest BCUT2D eigenvalue weighted by Gasteiger charge is 2.23. The second kappa shape index (κ2) is 6.47. The van der Waals surface area contributed by atoms with Gasteiger partial charge in [0.05, 0.1) is 12.2 Å². The van der Waals surface area contributed by atoms with Gasteiger partial charge in [-0.25, -0.2) is 4.98 Å². The van der Waals surface area contributed by atoms with Crippen molar-refractivity contribution >= 4 is 28.3 Å². The summed E-state index contributed by atoms with van der Waals surface area (Å²) in [5.41, 5.74) is 1.21. The van der Waals surface area contributed by atoms with Crippen LogP contribution in [0, 0.1) is 6.92 Å². The van der Waals surface area contributed by atoms with E-state index in [0.29, 0.717) is 24.0 Å². The standard InChI is InChI=1S/C14H17N5O3S/c1-8-5-10(18-22-8)13(21)17-14-16-9-3-4-19(6-11(9)23-14)7-12(20)15-2/h5H,3-4,6-7H2,1-2H3,(H,15,20)(H,16,17,21). The van der Waals surface area contributed by atoms with E-state index in [9.17, 15) is 9.59 Å². The quantitative estimate of drug-likeness (QED) is 0.857. The number of amides is 2. The van der Waals surface area contributed by atoms with Crippen LogP contribution in [0.25, 0.3) is 0 Å². The maximum absolute atomic E-state index is 12.1. The molecule has 1 aliphatic rings. The number of rotatable bonds is 4. The molecule has 0 aromatic carbocycles. The Morgan fingerprint density at radius 1 is 1.48 bits per heavy atom. The highest BCUT2D eigenvalue weighted by Crippen LogP contribution is 2.28. The van der Waals surface area contributed by atoms with E-state index in [0.717, 1.165) is 23.5 Å². The summed E-state index contributed by atoms with van der Waals surface area (Å²) >= 11 is 1.43. The molecule has 0 unspecified atom stereocenters. The normalized spacial score (nSPS) is 14.3. The first-order valence-electron chi connectivity index (χ1n) is 7.21. The summed E-state index contributed by atoms with van der Waals surface area (Å²) in [6.07, 6.45) is 0.766. The number of likely N-dealkylation sites (N-methyl/N-ethyl adjacent to an activating group) is 1. The van der Waals surface area contributed by atoms with Crippen LogP contribution >= 0.6 is 11.3 Å². The summed E-state index contributed by atoms with van der Waals surface area (Å²) in [5.74, 6) is 0.237. The van der Waals surface area contributed by atoms with Gasteiger partial charge in [0.15, 0.2) is 10.8 Å². The van der Waals surface area contributed by atoms with Crippen LogP contribution < -0.4 is 10.6 Å². The van der Waals surface area contributed by atoms with Crippen LogP contribution in [0.5, 0.6) is 0 Å². The summed E-state index contributed by atoms with van der Waals surface area (Å²) in [5, 5.41) is 9.59. The summed E-state index contributed by atoms with van der Waals surface area (Å²) < 4.78 is 4.89. The molecule has 0 bridgehead atoms. The SMILES string of the molecule is CNC(=O)CN1CCc2nc(NC(=O)c3cc(C)on3)sc2C1. The molecule has 8 nitrogen and oxygen atoms in total. The van der Waals surface area contributed by atoms with E-state index in [-0.39, 0.29) is 17.5 Å². The van der Waals surface area contributed by atoms with Gasteiger partial charge in [-0.3, -0.25) is 19.8 Å². The van der Waals surface area contributed by atoms with Crippen molar-refractivity contribution < 1.29 is 14.1 Å². The van der Waals surface area contributed by atoms with Crippen molar-refractivity contribution in [2.75, 3.05) is 25.5 Å². The Hall–Kier alpha value is -2.26. The lowest BCUT2D eigenvalue weighted by molar-refractivity contribution is -0.121. The van der Waals surface area contributed by atoms with Crippen molar-refractivity contribution in [3.8, 4) is 0 Å². The van der Waals surface area contributed by atoms with Gasteiger partial charge in [-0.1, -0.05) is 5.16 Å². The molecule has 0 fully saturated rings. The van der Waals surface area contributed by atoms with Gasteiger partial charge in [0, 0.05) is 37.5 Å². The molecule has 0 radical (unpaired) electrons. The fourth-order valence-corrected chi connectivity index (χ4v) is 3.40. The second-order valence-electron chi connectivity index (χ2n) is 5.30. The third-order valence-electron chi connectivity index (χ3n) is 3.54. The molecule has 2 aromatic rings. The fourth-order valence-electron chi connectivity index (χ4n) is 2.35. The van der Waals surface area contributed by atoms with E-state index in [4.69, 9.17) is 4.52 Å². The zero-order valence-electron chi connectivity index (χ0n) is 12.9. The van der Waals surface area contributed by atoms with Gasteiger partial charge in [-0.2, -0.15) is 0 Å². The number of thiazole rings is 1. The van der Waals surface area contributed by atoms with E-state index in [2.05, 4.69) is 25.7 Å². The minimum absolute atomic E-state index is 0.00658. The third kappa shape index (κ3) is 3.57. The van der Waals surface area contributed by atoms with Gasteiger partial charge >= 0.3 is 0 Å². The highest BCUT2D eigenvalue weighted by molar-refractivity contribution is 7.15. The molecule has 3 rings (SSSR count). The third-order valence-corrected chi connectivity index (χ3v) is 4.54. The van der Waals surface area contributed by atoms with Crippen molar-refractivity contribution in [3.05, 3.63) is 28.1 Å². The number of fused-ring (bicyclic) bond motifs is 1. The molecule has 2 amide bonds. The summed E-state index contributed by atoms with van der Waals surface area (Å²) in [7, 11) is 1.63. The predicted octanol–water partition coefficient (Wildman–Crippen LogP) is 0.796. The summed E-state index contributed by atoms with van der Waals surface area (Å²) in [6.45, 7) is 3.54. The first kappa shape index (κ1) is 15.6. The fraction of sp³-hybridized carbons (Fsp3) is 0.429. The van der Waals surface area contributed by atoms with Gasteiger partial charge in [0.2, 0.25) is 5.91 Å². The number of nitrogens with zero attached hydrogens (tertiary/aromatic N) is 3. The topological polar surface area (TPSA) is 100 Å². The number of hydrogen-bond acceptors (Lipinski definition) is 7. The Labute approximate surface area is 136 Å². The molecule has 9 heteroatoms. The molecule has 0 spiro atoms. The summed E-state index contributed by atoms with van der Waals surface area (Å²) in [4.78, 5) is 31.1. The van der Waals surface area contributed by atoms with Gasteiger partial charge in [-0.15, -0.1) is 11.3 Å². The molecule has 0 atom stereocenters. The molecular weight excluding hydrogens is 318 g/mol. The van der Waals surface area contributed by atoms with Crippen LogP contribution in [0.15, 0.2) is 10.6 Å². The Balaban J connectivity index is 1.66. The minimum atomic E-state index is -0.338. The average Bonchev–Trinajstić information content (AvgIpc) is 3.12. The highest BCUT2D eigenvalue weighted by atomic mass is 32.1. The molecule has 0 saturated carbocycles. The van der Waals surface area contributed by atoms with E-state index < -0.39 is 0 Å². The lowest BCUT2D eigenvalue weighted by atomic mass is 10.2. The zero-order chi connectivity index (χ0) is 16.4. The Morgan fingerprint density at radius 3 is 3.00 bits per heavy atom. The van der Waals surface area contributed by atoms with Gasteiger partial charge in [0.25, 0.3) is 5.91 Å². The van der Waals surface area contributed by atoms with Crippen LogP contribution in [0.2, 0.25) is 0 Å². The molecule has 1 aliphatic heterocycles. The van der Waals surface area contributed by atoms with Gasteiger partial charge < -0.3 is 9.84 Å². The molecule has 23 heavy (non-hydrogen) atoms. The Bertz CT molecular complexity index is 739. The van der Waals surface area contributed by atoms with E-state index >= 15 is 0 Å². The van der Waals surface area contributed by atoms with Crippen molar-refractivity contribution in [3.63, 3.8) is 0 Å². The second-order valence-corrected chi connectivity index (χ2v) is 6.38. The van der Waals surface area contributed by atoms with E-state index in [1.54, 1.807) is 20.0 Å².